The SMILES string of the molecule is Cc1c(C(N)=O)cc(-c2ccc3c(c2)OCO3)n1C. The number of carbonyl (C=O) groups excluding carboxylic acids is 1. The van der Waals surface area contributed by atoms with E-state index in [1.165, 1.54) is 0 Å². The minimum atomic E-state index is -0.417. The van der Waals surface area contributed by atoms with Crippen LogP contribution in [0.2, 0.25) is 0 Å². The average Bonchev–Trinajstić information content (AvgIpc) is 2.95. The molecule has 0 atom stereocenters. The molecule has 1 aliphatic rings. The van der Waals surface area contributed by atoms with E-state index in [-0.39, 0.29) is 6.79 Å². The van der Waals surface area contributed by atoms with Crippen molar-refractivity contribution in [2.75, 3.05) is 6.79 Å². The number of nitrogens with two attached hydrogens (primary N) is 1. The molecule has 0 spiro atoms. The Morgan fingerprint density at radius 3 is 2.68 bits per heavy atom. The number of amides is 1. The molecule has 0 saturated carbocycles. The summed E-state index contributed by atoms with van der Waals surface area (Å²) in [5, 5.41) is 0. The Morgan fingerprint density at radius 1 is 1.26 bits per heavy atom. The molecule has 0 saturated heterocycles. The van der Waals surface area contributed by atoms with Crippen LogP contribution in [0.3, 0.4) is 0 Å². The van der Waals surface area contributed by atoms with Gasteiger partial charge in [0.15, 0.2) is 11.5 Å². The number of rotatable bonds is 2. The summed E-state index contributed by atoms with van der Waals surface area (Å²) in [7, 11) is 1.90. The molecule has 1 aromatic heterocycles. The third-order valence-electron chi connectivity index (χ3n) is 3.47. The number of carbonyl (C=O) groups is 1. The number of ether oxygens (including phenoxy) is 2. The maximum Gasteiger partial charge on any atom is 0.250 e. The maximum absolute atomic E-state index is 11.4. The largest absolute Gasteiger partial charge is 0.454 e. The first-order chi connectivity index (χ1) is 9.08. The third-order valence-corrected chi connectivity index (χ3v) is 3.47. The standard InChI is InChI=1S/C14H14N2O3/c1-8-10(14(15)17)6-11(16(8)2)9-3-4-12-13(5-9)19-7-18-12/h3-6H,7H2,1-2H3,(H2,15,17). The molecule has 2 N–H and O–H groups in total. The van der Waals surface area contributed by atoms with E-state index in [4.69, 9.17) is 15.2 Å². The number of fused-ring (bicyclic) bond motifs is 1. The van der Waals surface area contributed by atoms with Crippen LogP contribution in [0, 0.1) is 6.92 Å². The van der Waals surface area contributed by atoms with E-state index in [2.05, 4.69) is 0 Å². The van der Waals surface area contributed by atoms with Crippen LogP contribution in [-0.4, -0.2) is 17.3 Å². The highest BCUT2D eigenvalue weighted by molar-refractivity contribution is 5.95. The van der Waals surface area contributed by atoms with Gasteiger partial charge in [0.25, 0.3) is 5.91 Å². The summed E-state index contributed by atoms with van der Waals surface area (Å²) >= 11 is 0. The highest BCUT2D eigenvalue weighted by atomic mass is 16.7. The summed E-state index contributed by atoms with van der Waals surface area (Å²) in [4.78, 5) is 11.4. The van der Waals surface area contributed by atoms with Gasteiger partial charge in [0.2, 0.25) is 6.79 Å². The fourth-order valence-electron chi connectivity index (χ4n) is 2.28. The molecule has 5 heteroatoms. The van der Waals surface area contributed by atoms with Crippen molar-refractivity contribution < 1.29 is 14.3 Å². The number of nitrogens with zero attached hydrogens (tertiary/aromatic N) is 1. The van der Waals surface area contributed by atoms with E-state index >= 15 is 0 Å². The van der Waals surface area contributed by atoms with Crippen LogP contribution in [0.4, 0.5) is 0 Å². The van der Waals surface area contributed by atoms with E-state index in [1.54, 1.807) is 6.07 Å². The molecule has 2 heterocycles. The van der Waals surface area contributed by atoms with Crippen molar-refractivity contribution in [3.63, 3.8) is 0 Å². The van der Waals surface area contributed by atoms with Crippen molar-refractivity contribution in [3.05, 3.63) is 35.5 Å². The van der Waals surface area contributed by atoms with E-state index < -0.39 is 5.91 Å². The molecule has 1 amide bonds. The number of benzene rings is 1. The van der Waals surface area contributed by atoms with Crippen LogP contribution < -0.4 is 15.2 Å². The molecule has 0 unspecified atom stereocenters. The first kappa shape index (κ1) is 11.6. The zero-order chi connectivity index (χ0) is 13.6. The van der Waals surface area contributed by atoms with E-state index in [1.807, 2.05) is 36.7 Å². The van der Waals surface area contributed by atoms with Crippen molar-refractivity contribution in [1.29, 1.82) is 0 Å². The molecule has 19 heavy (non-hydrogen) atoms. The Balaban J connectivity index is 2.12. The lowest BCUT2D eigenvalue weighted by atomic mass is 10.1. The first-order valence-electron chi connectivity index (χ1n) is 5.94. The van der Waals surface area contributed by atoms with Gasteiger partial charge in [-0.15, -0.1) is 0 Å². The summed E-state index contributed by atoms with van der Waals surface area (Å²) < 4.78 is 12.6. The van der Waals surface area contributed by atoms with Gasteiger partial charge in [0.05, 0.1) is 5.56 Å². The Hall–Kier alpha value is -2.43. The van der Waals surface area contributed by atoms with Crippen molar-refractivity contribution in [1.82, 2.24) is 4.57 Å². The lowest BCUT2D eigenvalue weighted by Gasteiger charge is -2.06. The quantitative estimate of drug-likeness (QED) is 0.893. The fourth-order valence-corrected chi connectivity index (χ4v) is 2.28. The number of aromatic nitrogens is 1. The van der Waals surface area contributed by atoms with Crippen molar-refractivity contribution in [2.45, 2.75) is 6.92 Å². The van der Waals surface area contributed by atoms with Crippen LogP contribution in [0.1, 0.15) is 16.1 Å². The summed E-state index contributed by atoms with van der Waals surface area (Å²) in [5.41, 5.74) is 8.63. The van der Waals surface area contributed by atoms with Gasteiger partial charge in [-0.2, -0.15) is 0 Å². The molecular formula is C14H14N2O3. The molecular weight excluding hydrogens is 244 g/mol. The van der Waals surface area contributed by atoms with Gasteiger partial charge >= 0.3 is 0 Å². The molecule has 1 aliphatic heterocycles. The van der Waals surface area contributed by atoms with E-state index in [0.29, 0.717) is 5.56 Å². The van der Waals surface area contributed by atoms with Gasteiger partial charge in [-0.1, -0.05) is 0 Å². The number of primary amides is 1. The van der Waals surface area contributed by atoms with Gasteiger partial charge in [0.1, 0.15) is 0 Å². The zero-order valence-electron chi connectivity index (χ0n) is 10.8. The molecule has 0 radical (unpaired) electrons. The van der Waals surface area contributed by atoms with Crippen LogP contribution in [-0.2, 0) is 7.05 Å². The summed E-state index contributed by atoms with van der Waals surface area (Å²) in [6, 6.07) is 7.51. The first-order valence-corrected chi connectivity index (χ1v) is 5.94. The second kappa shape index (κ2) is 4.05. The van der Waals surface area contributed by atoms with Gasteiger partial charge in [-0.25, -0.2) is 0 Å². The normalized spacial score (nSPS) is 12.7. The van der Waals surface area contributed by atoms with E-state index in [9.17, 15) is 4.79 Å². The minimum Gasteiger partial charge on any atom is -0.454 e. The van der Waals surface area contributed by atoms with Gasteiger partial charge in [0, 0.05) is 24.0 Å². The zero-order valence-corrected chi connectivity index (χ0v) is 10.8. The van der Waals surface area contributed by atoms with Crippen molar-refractivity contribution in [2.24, 2.45) is 12.8 Å². The molecule has 0 fully saturated rings. The Morgan fingerprint density at radius 2 is 2.00 bits per heavy atom. The molecule has 0 bridgehead atoms. The predicted molar refractivity (Wildman–Crippen MR) is 70.2 cm³/mol. The van der Waals surface area contributed by atoms with Crippen LogP contribution in [0.15, 0.2) is 24.3 Å². The second-order valence-corrected chi connectivity index (χ2v) is 4.52. The second-order valence-electron chi connectivity index (χ2n) is 4.52. The Kier molecular flexibility index (Phi) is 2.48. The van der Waals surface area contributed by atoms with E-state index in [0.717, 1.165) is 28.5 Å². The number of hydrogen-bond donors (Lipinski definition) is 1. The molecule has 0 aliphatic carbocycles. The highest BCUT2D eigenvalue weighted by Gasteiger charge is 2.18. The fraction of sp³-hybridized carbons (Fsp3) is 0.214. The maximum atomic E-state index is 11.4. The van der Waals surface area contributed by atoms with Crippen molar-refractivity contribution in [3.8, 4) is 22.8 Å². The number of hydrogen-bond acceptors (Lipinski definition) is 3. The molecule has 1 aromatic carbocycles. The lowest BCUT2D eigenvalue weighted by molar-refractivity contribution is 0.0999. The predicted octanol–water partition coefficient (Wildman–Crippen LogP) is 1.83. The average molecular weight is 258 g/mol. The summed E-state index contributed by atoms with van der Waals surface area (Å²) in [6.45, 7) is 2.12. The van der Waals surface area contributed by atoms with Gasteiger partial charge < -0.3 is 19.8 Å². The molecule has 5 nitrogen and oxygen atoms in total. The van der Waals surface area contributed by atoms with Gasteiger partial charge in [-0.3, -0.25) is 4.79 Å². The summed E-state index contributed by atoms with van der Waals surface area (Å²) in [6.07, 6.45) is 0. The Bertz CT molecular complexity index is 674. The van der Waals surface area contributed by atoms with Crippen molar-refractivity contribution >= 4 is 5.91 Å². The summed E-state index contributed by atoms with van der Waals surface area (Å²) in [5.74, 6) is 1.04. The third kappa shape index (κ3) is 1.74. The molecule has 3 rings (SSSR count). The van der Waals surface area contributed by atoms with Crippen LogP contribution in [0.25, 0.3) is 11.3 Å². The van der Waals surface area contributed by atoms with Gasteiger partial charge in [-0.05, 0) is 31.2 Å². The lowest BCUT2D eigenvalue weighted by Crippen LogP contribution is -2.11. The smallest absolute Gasteiger partial charge is 0.250 e. The molecule has 98 valence electrons. The highest BCUT2D eigenvalue weighted by Crippen LogP contribution is 2.36. The monoisotopic (exact) mass is 258 g/mol. The minimum absolute atomic E-state index is 0.248. The molecule has 2 aromatic rings. The topological polar surface area (TPSA) is 66.5 Å². The Labute approximate surface area is 110 Å². The van der Waals surface area contributed by atoms with Crippen LogP contribution >= 0.6 is 0 Å². The van der Waals surface area contributed by atoms with Crippen LogP contribution in [0.5, 0.6) is 11.5 Å².